The van der Waals surface area contributed by atoms with Crippen LogP contribution in [0.3, 0.4) is 0 Å². The van der Waals surface area contributed by atoms with E-state index in [-0.39, 0.29) is 5.91 Å². The fourth-order valence-corrected chi connectivity index (χ4v) is 1.88. The van der Waals surface area contributed by atoms with Gasteiger partial charge in [0.05, 0.1) is 16.8 Å². The maximum atomic E-state index is 12.0. The first-order chi connectivity index (χ1) is 9.10. The third-order valence-corrected chi connectivity index (χ3v) is 3.02. The Hall–Kier alpha value is -2.19. The number of benzene rings is 1. The summed E-state index contributed by atoms with van der Waals surface area (Å²) in [7, 11) is 0. The smallest absolute Gasteiger partial charge is 0.257 e. The average Bonchev–Trinajstić information content (AvgIpc) is 2.41. The number of carbonyl (C=O) groups is 1. The number of halogens is 1. The van der Waals surface area contributed by atoms with Crippen molar-refractivity contribution < 1.29 is 4.79 Å². The Morgan fingerprint density at radius 3 is 2.79 bits per heavy atom. The summed E-state index contributed by atoms with van der Waals surface area (Å²) in [6.07, 6.45) is 1.51. The fourth-order valence-electron chi connectivity index (χ4n) is 1.51. The van der Waals surface area contributed by atoms with Crippen LogP contribution in [0.25, 0.3) is 0 Å². The summed E-state index contributed by atoms with van der Waals surface area (Å²) in [6.45, 7) is 1.85. The Balaban J connectivity index is 2.24. The molecule has 19 heavy (non-hydrogen) atoms. The van der Waals surface area contributed by atoms with Gasteiger partial charge in [-0.15, -0.1) is 0 Å². The van der Waals surface area contributed by atoms with Crippen LogP contribution in [0, 0.1) is 18.3 Å². The maximum Gasteiger partial charge on any atom is 0.257 e. The van der Waals surface area contributed by atoms with E-state index in [4.69, 9.17) is 5.26 Å². The molecule has 1 aromatic carbocycles. The van der Waals surface area contributed by atoms with Gasteiger partial charge in [-0.3, -0.25) is 9.78 Å². The van der Waals surface area contributed by atoms with Gasteiger partial charge in [0.2, 0.25) is 0 Å². The van der Waals surface area contributed by atoms with Gasteiger partial charge >= 0.3 is 0 Å². The van der Waals surface area contributed by atoms with Gasteiger partial charge in [0, 0.05) is 16.4 Å². The van der Waals surface area contributed by atoms with Crippen LogP contribution in [0.2, 0.25) is 0 Å². The topological polar surface area (TPSA) is 65.8 Å². The second-order valence-electron chi connectivity index (χ2n) is 3.94. The van der Waals surface area contributed by atoms with Crippen LogP contribution < -0.4 is 5.32 Å². The van der Waals surface area contributed by atoms with Crippen molar-refractivity contribution in [2.24, 2.45) is 0 Å². The third kappa shape index (κ3) is 3.18. The summed E-state index contributed by atoms with van der Waals surface area (Å²) < 4.78 is 0.791. The molecule has 5 heteroatoms. The number of anilines is 1. The summed E-state index contributed by atoms with van der Waals surface area (Å²) in [4.78, 5) is 16.1. The van der Waals surface area contributed by atoms with Gasteiger partial charge in [0.1, 0.15) is 6.07 Å². The zero-order chi connectivity index (χ0) is 13.8. The largest absolute Gasteiger partial charge is 0.321 e. The molecular weight excluding hydrogens is 306 g/mol. The molecule has 0 fully saturated rings. The summed E-state index contributed by atoms with van der Waals surface area (Å²) >= 11 is 3.28. The second-order valence-corrected chi connectivity index (χ2v) is 4.86. The van der Waals surface area contributed by atoms with Crippen LogP contribution in [0.5, 0.6) is 0 Å². The highest BCUT2D eigenvalue weighted by atomic mass is 79.9. The molecule has 94 valence electrons. The van der Waals surface area contributed by atoms with Crippen molar-refractivity contribution in [3.8, 4) is 6.07 Å². The molecule has 4 nitrogen and oxygen atoms in total. The summed E-state index contributed by atoms with van der Waals surface area (Å²) in [6, 6.07) is 10.6. The normalized spacial score (nSPS) is 9.74. The number of hydrogen-bond acceptors (Lipinski definition) is 3. The molecule has 1 heterocycles. The summed E-state index contributed by atoms with van der Waals surface area (Å²) in [5, 5.41) is 11.7. The molecule has 0 saturated carbocycles. The summed E-state index contributed by atoms with van der Waals surface area (Å²) in [5.74, 6) is -0.286. The van der Waals surface area contributed by atoms with Gasteiger partial charge in [-0.25, -0.2) is 0 Å². The molecule has 0 unspecified atom stereocenters. The van der Waals surface area contributed by atoms with Crippen molar-refractivity contribution >= 4 is 27.5 Å². The number of amides is 1. The lowest BCUT2D eigenvalue weighted by molar-refractivity contribution is 0.102. The number of nitrogens with zero attached hydrogens (tertiary/aromatic N) is 2. The number of aryl methyl sites for hydroxylation is 1. The number of nitrogens with one attached hydrogen (secondary N) is 1. The van der Waals surface area contributed by atoms with E-state index in [1.165, 1.54) is 6.20 Å². The van der Waals surface area contributed by atoms with Gasteiger partial charge in [-0.2, -0.15) is 5.26 Å². The Morgan fingerprint density at radius 1 is 1.37 bits per heavy atom. The molecular formula is C14H10BrN3O. The monoisotopic (exact) mass is 315 g/mol. The first-order valence-electron chi connectivity index (χ1n) is 5.54. The van der Waals surface area contributed by atoms with E-state index in [1.54, 1.807) is 30.3 Å². The van der Waals surface area contributed by atoms with Crippen molar-refractivity contribution in [2.75, 3.05) is 5.32 Å². The highest BCUT2D eigenvalue weighted by Gasteiger charge is 2.09. The second kappa shape index (κ2) is 5.63. The van der Waals surface area contributed by atoms with Crippen molar-refractivity contribution in [3.63, 3.8) is 0 Å². The van der Waals surface area contributed by atoms with E-state index in [0.717, 1.165) is 10.2 Å². The number of rotatable bonds is 2. The number of hydrogen-bond donors (Lipinski definition) is 1. The van der Waals surface area contributed by atoms with E-state index in [0.29, 0.717) is 16.8 Å². The van der Waals surface area contributed by atoms with Crippen LogP contribution in [-0.2, 0) is 0 Å². The van der Waals surface area contributed by atoms with Crippen LogP contribution in [0.1, 0.15) is 21.6 Å². The first-order valence-corrected chi connectivity index (χ1v) is 6.33. The molecule has 1 aromatic heterocycles. The molecule has 1 amide bonds. The number of nitriles is 1. The zero-order valence-electron chi connectivity index (χ0n) is 10.1. The quantitative estimate of drug-likeness (QED) is 0.924. The number of aromatic nitrogens is 1. The Labute approximate surface area is 119 Å². The van der Waals surface area contributed by atoms with Crippen molar-refractivity contribution in [3.05, 3.63) is 57.8 Å². The van der Waals surface area contributed by atoms with E-state index >= 15 is 0 Å². The van der Waals surface area contributed by atoms with Gasteiger partial charge in [0.15, 0.2) is 0 Å². The molecule has 0 radical (unpaired) electrons. The number of carbonyl (C=O) groups excluding carboxylic acids is 1. The minimum atomic E-state index is -0.286. The standard InChI is InChI=1S/C14H10BrN3O/c1-9-2-3-10(8-17-9)14(19)18-13-5-4-12(15)6-11(13)7-16/h2-6,8H,1H3,(H,18,19). The van der Waals surface area contributed by atoms with E-state index in [1.807, 2.05) is 13.0 Å². The molecule has 0 atom stereocenters. The minimum Gasteiger partial charge on any atom is -0.321 e. The lowest BCUT2D eigenvalue weighted by atomic mass is 10.2. The molecule has 0 aliphatic carbocycles. The highest BCUT2D eigenvalue weighted by Crippen LogP contribution is 2.20. The van der Waals surface area contributed by atoms with Crippen LogP contribution in [-0.4, -0.2) is 10.9 Å². The molecule has 1 N–H and O–H groups in total. The summed E-state index contributed by atoms with van der Waals surface area (Å²) in [5.41, 5.74) is 2.19. The molecule has 2 rings (SSSR count). The molecule has 0 spiro atoms. The average molecular weight is 316 g/mol. The predicted octanol–water partition coefficient (Wildman–Crippen LogP) is 3.28. The van der Waals surface area contributed by atoms with E-state index in [9.17, 15) is 4.79 Å². The zero-order valence-corrected chi connectivity index (χ0v) is 11.7. The SMILES string of the molecule is Cc1ccc(C(=O)Nc2ccc(Br)cc2C#N)cn1. The van der Waals surface area contributed by atoms with Gasteiger partial charge in [-0.1, -0.05) is 15.9 Å². The van der Waals surface area contributed by atoms with Crippen LogP contribution >= 0.6 is 15.9 Å². The Bertz CT molecular complexity index is 659. The van der Waals surface area contributed by atoms with Gasteiger partial charge in [-0.05, 0) is 37.3 Å². The van der Waals surface area contributed by atoms with Crippen molar-refractivity contribution in [1.82, 2.24) is 4.98 Å². The first kappa shape index (κ1) is 13.2. The maximum absolute atomic E-state index is 12.0. The lowest BCUT2D eigenvalue weighted by Crippen LogP contribution is -2.13. The Morgan fingerprint density at radius 2 is 2.16 bits per heavy atom. The molecule has 0 saturated heterocycles. The predicted molar refractivity (Wildman–Crippen MR) is 75.8 cm³/mol. The van der Waals surface area contributed by atoms with Crippen molar-refractivity contribution in [1.29, 1.82) is 5.26 Å². The van der Waals surface area contributed by atoms with Gasteiger partial charge in [0.25, 0.3) is 5.91 Å². The van der Waals surface area contributed by atoms with Crippen molar-refractivity contribution in [2.45, 2.75) is 6.92 Å². The number of pyridine rings is 1. The van der Waals surface area contributed by atoms with E-state index in [2.05, 4.69) is 26.2 Å². The molecule has 0 bridgehead atoms. The molecule has 0 aliphatic rings. The van der Waals surface area contributed by atoms with Gasteiger partial charge < -0.3 is 5.32 Å². The molecule has 2 aromatic rings. The van der Waals surface area contributed by atoms with Crippen LogP contribution in [0.15, 0.2) is 41.0 Å². The third-order valence-electron chi connectivity index (χ3n) is 2.52. The lowest BCUT2D eigenvalue weighted by Gasteiger charge is -2.07. The fraction of sp³-hybridized carbons (Fsp3) is 0.0714. The van der Waals surface area contributed by atoms with Crippen LogP contribution in [0.4, 0.5) is 5.69 Å². The molecule has 0 aliphatic heterocycles. The highest BCUT2D eigenvalue weighted by molar-refractivity contribution is 9.10. The Kier molecular flexibility index (Phi) is 3.93. The van der Waals surface area contributed by atoms with E-state index < -0.39 is 0 Å². The minimum absolute atomic E-state index is 0.286.